The molecule has 3 aromatic carbocycles. The van der Waals surface area contributed by atoms with Crippen LogP contribution < -0.4 is 19.0 Å². The Bertz CT molecular complexity index is 1470. The van der Waals surface area contributed by atoms with Crippen LogP contribution in [0.15, 0.2) is 83.8 Å². The summed E-state index contributed by atoms with van der Waals surface area (Å²) < 4.78 is 41.9. The van der Waals surface area contributed by atoms with E-state index >= 15 is 0 Å². The number of aryl methyl sites for hydroxylation is 1. The van der Waals surface area contributed by atoms with Gasteiger partial charge in [-0.05, 0) is 73.5 Å². The molecule has 0 aromatic heterocycles. The van der Waals surface area contributed by atoms with Gasteiger partial charge in [0.1, 0.15) is 22.3 Å². The molecular weight excluding hydrogens is 492 g/mol. The third-order valence-corrected chi connectivity index (χ3v) is 6.50. The van der Waals surface area contributed by atoms with Gasteiger partial charge in [0.05, 0.1) is 14.2 Å². The van der Waals surface area contributed by atoms with Crippen LogP contribution in [0, 0.1) is 18.3 Å². The van der Waals surface area contributed by atoms with Gasteiger partial charge in [-0.3, -0.25) is 4.79 Å². The summed E-state index contributed by atoms with van der Waals surface area (Å²) in [4.78, 5) is 12.7. The summed E-state index contributed by atoms with van der Waals surface area (Å²) in [6.07, 6.45) is 3.21. The van der Waals surface area contributed by atoms with Crippen molar-refractivity contribution < 1.29 is 26.9 Å². The highest BCUT2D eigenvalue weighted by molar-refractivity contribution is 7.87. The Balaban J connectivity index is 1.96. The van der Waals surface area contributed by atoms with Crippen molar-refractivity contribution in [2.45, 2.75) is 18.2 Å². The minimum absolute atomic E-state index is 0.00122. The van der Waals surface area contributed by atoms with E-state index in [4.69, 9.17) is 13.7 Å². The standard InChI is InChI=1S/C28H26N2O6S/c1-5-6-21-15-20(16-22(18-29)28(31)30-23-9-11-24(34-3)12-10-23)17-26(35-4)27(21)36-37(32,33)25-13-7-19(2)8-14-25/h5,7-17H,1,6H2,2-4H3,(H,30,31)/b22-16+. The van der Waals surface area contributed by atoms with Crippen LogP contribution in [0.5, 0.6) is 17.2 Å². The Labute approximate surface area is 216 Å². The molecule has 1 amide bonds. The van der Waals surface area contributed by atoms with E-state index in [1.807, 2.05) is 13.0 Å². The number of rotatable bonds is 10. The average molecular weight is 519 g/mol. The van der Waals surface area contributed by atoms with E-state index in [9.17, 15) is 18.5 Å². The zero-order chi connectivity index (χ0) is 27.0. The number of hydrogen-bond donors (Lipinski definition) is 1. The lowest BCUT2D eigenvalue weighted by molar-refractivity contribution is -0.112. The van der Waals surface area contributed by atoms with Crippen molar-refractivity contribution in [3.63, 3.8) is 0 Å². The van der Waals surface area contributed by atoms with E-state index < -0.39 is 16.0 Å². The molecule has 0 heterocycles. The highest BCUT2D eigenvalue weighted by atomic mass is 32.2. The molecule has 0 aliphatic carbocycles. The summed E-state index contributed by atoms with van der Waals surface area (Å²) in [6, 6.07) is 17.9. The monoisotopic (exact) mass is 518 g/mol. The van der Waals surface area contributed by atoms with Crippen molar-refractivity contribution in [1.82, 2.24) is 0 Å². The molecule has 3 aromatic rings. The average Bonchev–Trinajstić information content (AvgIpc) is 2.89. The summed E-state index contributed by atoms with van der Waals surface area (Å²) >= 11 is 0. The van der Waals surface area contributed by atoms with Gasteiger partial charge in [0.25, 0.3) is 5.91 Å². The van der Waals surface area contributed by atoms with Gasteiger partial charge in [-0.25, -0.2) is 0 Å². The van der Waals surface area contributed by atoms with Crippen LogP contribution in [0.1, 0.15) is 16.7 Å². The van der Waals surface area contributed by atoms with E-state index in [0.29, 0.717) is 22.6 Å². The van der Waals surface area contributed by atoms with Crippen LogP contribution >= 0.6 is 0 Å². The molecule has 8 nitrogen and oxygen atoms in total. The summed E-state index contributed by atoms with van der Waals surface area (Å²) in [5.74, 6) is 0.136. The zero-order valence-corrected chi connectivity index (χ0v) is 21.5. The zero-order valence-electron chi connectivity index (χ0n) is 20.6. The van der Waals surface area contributed by atoms with E-state index in [1.54, 1.807) is 48.5 Å². The number of amides is 1. The first-order valence-electron chi connectivity index (χ1n) is 11.1. The van der Waals surface area contributed by atoms with E-state index in [2.05, 4.69) is 11.9 Å². The molecule has 9 heteroatoms. The fourth-order valence-electron chi connectivity index (χ4n) is 3.37. The van der Waals surface area contributed by atoms with E-state index in [-0.39, 0.29) is 28.4 Å². The Morgan fingerprint density at radius 1 is 1.05 bits per heavy atom. The van der Waals surface area contributed by atoms with Crippen molar-refractivity contribution in [2.75, 3.05) is 19.5 Å². The molecule has 0 unspecified atom stereocenters. The first-order chi connectivity index (χ1) is 17.7. The second-order valence-corrected chi connectivity index (χ2v) is 9.45. The molecule has 0 aliphatic rings. The molecule has 0 saturated heterocycles. The van der Waals surface area contributed by atoms with Gasteiger partial charge in [0.15, 0.2) is 11.5 Å². The number of carbonyl (C=O) groups excluding carboxylic acids is 1. The lowest BCUT2D eigenvalue weighted by atomic mass is 10.0. The summed E-state index contributed by atoms with van der Waals surface area (Å²) in [5, 5.41) is 12.3. The number of allylic oxidation sites excluding steroid dienone is 1. The SMILES string of the molecule is C=CCc1cc(/C=C(\C#N)C(=O)Nc2ccc(OC)cc2)cc(OC)c1OS(=O)(=O)c1ccc(C)cc1. The Morgan fingerprint density at radius 2 is 1.73 bits per heavy atom. The minimum Gasteiger partial charge on any atom is -0.497 e. The van der Waals surface area contributed by atoms with Crippen molar-refractivity contribution in [1.29, 1.82) is 5.26 Å². The van der Waals surface area contributed by atoms with E-state index in [0.717, 1.165) is 5.56 Å². The van der Waals surface area contributed by atoms with Gasteiger partial charge >= 0.3 is 10.1 Å². The summed E-state index contributed by atoms with van der Waals surface area (Å²) in [7, 11) is -1.25. The molecular formula is C28H26N2O6S. The maximum Gasteiger partial charge on any atom is 0.339 e. The Kier molecular flexibility index (Phi) is 8.72. The van der Waals surface area contributed by atoms with Crippen molar-refractivity contribution in [2.24, 2.45) is 0 Å². The second-order valence-electron chi connectivity index (χ2n) is 7.91. The normalized spacial score (nSPS) is 11.2. The fourth-order valence-corrected chi connectivity index (χ4v) is 4.35. The van der Waals surface area contributed by atoms with Gasteiger partial charge in [0.2, 0.25) is 0 Å². The molecule has 0 saturated carbocycles. The van der Waals surface area contributed by atoms with Gasteiger partial charge in [-0.15, -0.1) is 6.58 Å². The Morgan fingerprint density at radius 3 is 2.30 bits per heavy atom. The molecule has 37 heavy (non-hydrogen) atoms. The van der Waals surface area contributed by atoms with Crippen LogP contribution in [0.4, 0.5) is 5.69 Å². The van der Waals surface area contributed by atoms with Crippen LogP contribution in [0.3, 0.4) is 0 Å². The topological polar surface area (TPSA) is 115 Å². The highest BCUT2D eigenvalue weighted by Crippen LogP contribution is 2.36. The number of hydrogen-bond acceptors (Lipinski definition) is 7. The maximum absolute atomic E-state index is 12.9. The van der Waals surface area contributed by atoms with E-state index in [1.165, 1.54) is 38.5 Å². The number of nitrogens with zero attached hydrogens (tertiary/aromatic N) is 1. The number of anilines is 1. The summed E-state index contributed by atoms with van der Waals surface area (Å²) in [5.41, 5.74) is 2.12. The van der Waals surface area contributed by atoms with Crippen LogP contribution in [-0.4, -0.2) is 28.5 Å². The summed E-state index contributed by atoms with van der Waals surface area (Å²) in [6.45, 7) is 5.57. The molecule has 0 radical (unpaired) electrons. The lowest BCUT2D eigenvalue weighted by Crippen LogP contribution is -2.13. The third kappa shape index (κ3) is 6.78. The second kappa shape index (κ2) is 11.9. The van der Waals surface area contributed by atoms with Gasteiger partial charge in [-0.1, -0.05) is 23.8 Å². The van der Waals surface area contributed by atoms with Crippen LogP contribution in [0.2, 0.25) is 0 Å². The molecule has 0 atom stereocenters. The van der Waals surface area contributed by atoms with Crippen molar-refractivity contribution in [3.05, 3.63) is 95.6 Å². The van der Waals surface area contributed by atoms with Gasteiger partial charge in [0, 0.05) is 11.3 Å². The number of ether oxygens (including phenoxy) is 2. The quantitative estimate of drug-likeness (QED) is 0.173. The van der Waals surface area contributed by atoms with Crippen molar-refractivity contribution >= 4 is 27.8 Å². The fraction of sp³-hybridized carbons (Fsp3) is 0.143. The van der Waals surface area contributed by atoms with Gasteiger partial charge < -0.3 is 19.0 Å². The number of nitriles is 1. The number of benzene rings is 3. The molecule has 0 spiro atoms. The van der Waals surface area contributed by atoms with Crippen molar-refractivity contribution in [3.8, 4) is 23.3 Å². The number of nitrogens with one attached hydrogen (secondary N) is 1. The molecule has 1 N–H and O–H groups in total. The molecule has 0 fully saturated rings. The number of methoxy groups -OCH3 is 2. The Hall–Kier alpha value is -4.55. The van der Waals surface area contributed by atoms with Crippen LogP contribution in [0.25, 0.3) is 6.08 Å². The molecule has 0 bridgehead atoms. The lowest BCUT2D eigenvalue weighted by Gasteiger charge is -2.16. The first kappa shape index (κ1) is 27.0. The van der Waals surface area contributed by atoms with Crippen LogP contribution in [-0.2, 0) is 21.3 Å². The first-order valence-corrected chi connectivity index (χ1v) is 12.5. The largest absolute Gasteiger partial charge is 0.497 e. The highest BCUT2D eigenvalue weighted by Gasteiger charge is 2.22. The van der Waals surface area contributed by atoms with Gasteiger partial charge in [-0.2, -0.15) is 13.7 Å². The predicted molar refractivity (Wildman–Crippen MR) is 141 cm³/mol. The number of carbonyl (C=O) groups is 1. The maximum atomic E-state index is 12.9. The molecule has 190 valence electrons. The third-order valence-electron chi connectivity index (χ3n) is 5.26. The predicted octanol–water partition coefficient (Wildman–Crippen LogP) is 5.05. The minimum atomic E-state index is -4.15. The molecule has 0 aliphatic heterocycles. The molecule has 3 rings (SSSR count). The smallest absolute Gasteiger partial charge is 0.339 e.